The highest BCUT2D eigenvalue weighted by Crippen LogP contribution is 2.42. The molecule has 0 aliphatic rings. The zero-order chi connectivity index (χ0) is 65.8. The van der Waals surface area contributed by atoms with Crippen LogP contribution < -0.4 is 0 Å². The van der Waals surface area contributed by atoms with Gasteiger partial charge in [-0.1, -0.05) is 206 Å². The van der Waals surface area contributed by atoms with Crippen molar-refractivity contribution in [1.82, 2.24) is 29.9 Å². The molecule has 20 rings (SSSR count). The maximum atomic E-state index is 6.77. The Morgan fingerprint density at radius 3 is 0.870 bits per heavy atom. The molecule has 0 N–H and O–H groups in total. The Balaban J connectivity index is 0.610. The molecule has 20 aromatic rings. The van der Waals surface area contributed by atoms with Crippen LogP contribution in [0.3, 0.4) is 0 Å². The van der Waals surface area contributed by atoms with Crippen LogP contribution in [0, 0.1) is 0 Å². The first-order valence-corrected chi connectivity index (χ1v) is 33.3. The molecule has 0 unspecified atom stereocenters. The van der Waals surface area contributed by atoms with Gasteiger partial charge in [0, 0.05) is 76.5 Å². The van der Waals surface area contributed by atoms with E-state index >= 15 is 0 Å². The molecule has 0 saturated carbocycles. The fraction of sp³-hybridized carbons (Fsp3) is 0. The van der Waals surface area contributed by atoms with Crippen LogP contribution in [0.2, 0.25) is 0 Å². The average Bonchev–Trinajstić information content (AvgIpc) is 1.53. The van der Waals surface area contributed by atoms with E-state index < -0.39 is 0 Å². The van der Waals surface area contributed by atoms with Crippen molar-refractivity contribution in [2.24, 2.45) is 0 Å². The molecule has 0 radical (unpaired) electrons. The highest BCUT2D eigenvalue weighted by molar-refractivity contribution is 6.10. The predicted molar refractivity (Wildman–Crippen MR) is 402 cm³/mol. The molecule has 6 aromatic heterocycles. The highest BCUT2D eigenvalue weighted by atomic mass is 16.3. The summed E-state index contributed by atoms with van der Waals surface area (Å²) in [6.07, 6.45) is 0. The van der Waals surface area contributed by atoms with Crippen molar-refractivity contribution in [3.05, 3.63) is 315 Å². The molecule has 10 heteroatoms. The van der Waals surface area contributed by atoms with Gasteiger partial charge in [0.25, 0.3) is 0 Å². The summed E-state index contributed by atoms with van der Waals surface area (Å²) < 4.78 is 26.1. The van der Waals surface area contributed by atoms with Crippen LogP contribution in [0.5, 0.6) is 0 Å². The van der Waals surface area contributed by atoms with Crippen LogP contribution in [-0.2, 0) is 0 Å². The lowest BCUT2D eigenvalue weighted by Gasteiger charge is -2.12. The lowest BCUT2D eigenvalue weighted by Crippen LogP contribution is -2.00. The summed E-state index contributed by atoms with van der Waals surface area (Å²) in [5.74, 6) is 3.37. The zero-order valence-electron chi connectivity index (χ0n) is 53.3. The minimum absolute atomic E-state index is 0.546. The Hall–Kier alpha value is -13.7. The number of hydrogen-bond acceptors (Lipinski definition) is 10. The normalized spacial score (nSPS) is 11.8. The topological polar surface area (TPSA) is 130 Å². The number of nitrogens with zero attached hydrogens (tertiary/aromatic N) is 6. The van der Waals surface area contributed by atoms with E-state index in [1.807, 2.05) is 115 Å². The highest BCUT2D eigenvalue weighted by Gasteiger charge is 2.21. The standard InChI is InChI=1S/C90H52N6O4/c1-4-15-53(16-5-1)66-44-67(46-68(45-66)90-95-86(56-19-8-3-9-20-56)93-89(96-90)64-34-40-72-70-24-11-13-26-78(70)98-83(72)51-64)63-33-39-75-76-47-60(36-42-79(76)99-82(75)50-63)62-32-38-73-74-41-35-65(52-84(74)100-81(73)49-62)88-92-85(55-17-6-2-7-18-55)91-87(94-88)57-29-27-54(28-30-57)58-21-14-22-59(43-58)61-31-37-71-69-23-10-12-25-77(69)97-80(71)48-61/h1-52H. The lowest BCUT2D eigenvalue weighted by atomic mass is 9.95. The maximum absolute atomic E-state index is 6.77. The first-order chi connectivity index (χ1) is 49.4. The van der Waals surface area contributed by atoms with Crippen molar-refractivity contribution in [3.8, 4) is 124 Å². The molecule has 0 atom stereocenters. The Kier molecular flexibility index (Phi) is 13.0. The molecule has 6 heterocycles. The molecule has 10 nitrogen and oxygen atoms in total. The summed E-state index contributed by atoms with van der Waals surface area (Å²) in [6, 6.07) is 109. The zero-order valence-corrected chi connectivity index (χ0v) is 53.3. The third kappa shape index (κ3) is 9.96. The van der Waals surface area contributed by atoms with E-state index in [-0.39, 0.29) is 0 Å². The molecule has 0 fully saturated rings. The fourth-order valence-corrected chi connectivity index (χ4v) is 14.1. The molecular weight excluding hydrogens is 1230 g/mol. The number of benzene rings is 14. The van der Waals surface area contributed by atoms with E-state index in [4.69, 9.17) is 47.6 Å². The SMILES string of the molecule is c1ccc(-c2cc(-c3ccc4c(c3)oc3ccc(-c5ccc6c(c5)oc5cc(-c7nc(-c8ccccc8)nc(-c8ccc(-c9cccc(-c%10ccc%11c(c%10)oc%10ccccc%10%11)c9)cc8)n7)ccc56)cc34)cc(-c3nc(-c4ccccc4)nc(-c4ccc5c(c4)oc4ccccc45)n3)c2)cc1. The van der Waals surface area contributed by atoms with Gasteiger partial charge in [-0.05, 0) is 165 Å². The first-order valence-electron chi connectivity index (χ1n) is 33.3. The van der Waals surface area contributed by atoms with Gasteiger partial charge >= 0.3 is 0 Å². The van der Waals surface area contributed by atoms with Crippen LogP contribution in [0.15, 0.2) is 333 Å². The summed E-state index contributed by atoms with van der Waals surface area (Å²) in [4.78, 5) is 30.8. The van der Waals surface area contributed by atoms with E-state index in [1.54, 1.807) is 0 Å². The monoisotopic (exact) mass is 1280 g/mol. The summed E-state index contributed by atoms with van der Waals surface area (Å²) in [6.45, 7) is 0. The van der Waals surface area contributed by atoms with Crippen LogP contribution in [0.25, 0.3) is 212 Å². The number of furan rings is 4. The van der Waals surface area contributed by atoms with Gasteiger partial charge in [0.2, 0.25) is 0 Å². The second-order valence-electron chi connectivity index (χ2n) is 25.3. The second-order valence-corrected chi connectivity index (χ2v) is 25.3. The third-order valence-corrected chi connectivity index (χ3v) is 19.2. The van der Waals surface area contributed by atoms with Gasteiger partial charge in [-0.25, -0.2) is 29.9 Å². The van der Waals surface area contributed by atoms with Crippen LogP contribution in [0.4, 0.5) is 0 Å². The minimum Gasteiger partial charge on any atom is -0.456 e. The second kappa shape index (κ2) is 23.0. The van der Waals surface area contributed by atoms with Crippen LogP contribution in [-0.4, -0.2) is 29.9 Å². The number of hydrogen-bond donors (Lipinski definition) is 0. The van der Waals surface area contributed by atoms with Gasteiger partial charge in [0.05, 0.1) is 0 Å². The predicted octanol–water partition coefficient (Wildman–Crippen LogP) is 24.0. The van der Waals surface area contributed by atoms with Crippen molar-refractivity contribution in [2.45, 2.75) is 0 Å². The minimum atomic E-state index is 0.546. The number of aromatic nitrogens is 6. The van der Waals surface area contributed by atoms with Crippen molar-refractivity contribution < 1.29 is 17.7 Å². The Morgan fingerprint density at radius 1 is 0.130 bits per heavy atom. The largest absolute Gasteiger partial charge is 0.456 e. The summed E-state index contributed by atoms with van der Waals surface area (Å²) in [7, 11) is 0. The van der Waals surface area contributed by atoms with Gasteiger partial charge in [0.1, 0.15) is 44.7 Å². The number of rotatable bonds is 11. The molecule has 0 spiro atoms. The molecular formula is C90H52N6O4. The fourth-order valence-electron chi connectivity index (χ4n) is 14.1. The molecule has 14 aromatic carbocycles. The number of para-hydroxylation sites is 2. The third-order valence-electron chi connectivity index (χ3n) is 19.2. The Labute approximate surface area is 571 Å². The van der Waals surface area contributed by atoms with E-state index in [0.29, 0.717) is 34.9 Å². The maximum Gasteiger partial charge on any atom is 0.164 e. The summed E-state index contributed by atoms with van der Waals surface area (Å²) >= 11 is 0. The van der Waals surface area contributed by atoms with Gasteiger partial charge in [-0.15, -0.1) is 0 Å². The van der Waals surface area contributed by atoms with Crippen molar-refractivity contribution >= 4 is 87.8 Å². The summed E-state index contributed by atoms with van der Waals surface area (Å²) in [5.41, 5.74) is 22.1. The van der Waals surface area contributed by atoms with Crippen molar-refractivity contribution in [2.75, 3.05) is 0 Å². The molecule has 100 heavy (non-hydrogen) atoms. The van der Waals surface area contributed by atoms with Crippen LogP contribution in [0.1, 0.15) is 0 Å². The molecule has 0 amide bonds. The van der Waals surface area contributed by atoms with E-state index in [0.717, 1.165) is 177 Å². The average molecular weight is 1280 g/mol. The molecule has 0 saturated heterocycles. The lowest BCUT2D eigenvalue weighted by molar-refractivity contribution is 0.668. The van der Waals surface area contributed by atoms with E-state index in [2.05, 4.69) is 200 Å². The Morgan fingerprint density at radius 2 is 0.380 bits per heavy atom. The number of fused-ring (bicyclic) bond motifs is 12. The molecule has 466 valence electrons. The van der Waals surface area contributed by atoms with Crippen LogP contribution >= 0.6 is 0 Å². The van der Waals surface area contributed by atoms with Gasteiger partial charge in [-0.2, -0.15) is 0 Å². The smallest absolute Gasteiger partial charge is 0.164 e. The van der Waals surface area contributed by atoms with Gasteiger partial charge < -0.3 is 17.7 Å². The van der Waals surface area contributed by atoms with E-state index in [9.17, 15) is 0 Å². The summed E-state index contributed by atoms with van der Waals surface area (Å²) in [5, 5.41) is 8.38. The van der Waals surface area contributed by atoms with E-state index in [1.165, 1.54) is 0 Å². The van der Waals surface area contributed by atoms with Crippen molar-refractivity contribution in [3.63, 3.8) is 0 Å². The molecule has 0 aliphatic heterocycles. The quantitative estimate of drug-likeness (QED) is 0.123. The molecule has 0 bridgehead atoms. The van der Waals surface area contributed by atoms with Gasteiger partial charge in [0.15, 0.2) is 34.9 Å². The molecule has 0 aliphatic carbocycles. The Bertz CT molecular complexity index is 6650. The first kappa shape index (κ1) is 56.6. The van der Waals surface area contributed by atoms with Crippen molar-refractivity contribution in [1.29, 1.82) is 0 Å². The van der Waals surface area contributed by atoms with Gasteiger partial charge in [-0.3, -0.25) is 0 Å².